The maximum Gasteiger partial charge on any atom is 0.198 e. The van der Waals surface area contributed by atoms with Gasteiger partial charge in [-0.3, -0.25) is 4.90 Å². The average Bonchev–Trinajstić information content (AvgIpc) is 3.53. The second-order valence-corrected chi connectivity index (χ2v) is 9.17. The van der Waals surface area contributed by atoms with Crippen molar-refractivity contribution in [2.45, 2.75) is 6.04 Å². The highest BCUT2D eigenvalue weighted by Crippen LogP contribution is 2.27. The van der Waals surface area contributed by atoms with Crippen LogP contribution in [0.3, 0.4) is 0 Å². The molecule has 0 atom stereocenters. The first kappa shape index (κ1) is 20.4. The Hall–Kier alpha value is -3.95. The highest BCUT2D eigenvalue weighted by molar-refractivity contribution is 5.84. The molecule has 0 aliphatic carbocycles. The molecular weight excluding hydrogens is 440 g/mol. The fraction of sp³-hybridized carbons (Fsp3) is 0.269. The van der Waals surface area contributed by atoms with E-state index in [-0.39, 0.29) is 0 Å². The molecule has 35 heavy (non-hydrogen) atoms. The Bertz CT molecular complexity index is 1480. The van der Waals surface area contributed by atoms with Crippen molar-refractivity contribution < 1.29 is 4.74 Å². The molecule has 0 unspecified atom stereocenters. The van der Waals surface area contributed by atoms with Gasteiger partial charge in [0.25, 0.3) is 0 Å². The molecule has 3 aromatic heterocycles. The van der Waals surface area contributed by atoms with Crippen molar-refractivity contribution >= 4 is 33.7 Å². The number of H-pyrrole nitrogens is 1. The topological polar surface area (TPSA) is 86.6 Å². The van der Waals surface area contributed by atoms with Crippen molar-refractivity contribution in [3.05, 3.63) is 67.3 Å². The Morgan fingerprint density at radius 1 is 0.971 bits per heavy atom. The van der Waals surface area contributed by atoms with Crippen LogP contribution < -0.4 is 10.2 Å². The summed E-state index contributed by atoms with van der Waals surface area (Å²) in [6.45, 7) is 6.02. The zero-order valence-electron chi connectivity index (χ0n) is 19.3. The molecule has 176 valence electrons. The number of ether oxygens (including phenoxy) is 1. The molecule has 5 aromatic rings. The van der Waals surface area contributed by atoms with Crippen LogP contribution in [0.25, 0.3) is 27.8 Å². The first-order valence-corrected chi connectivity index (χ1v) is 12.0. The number of nitrogens with zero attached hydrogens (tertiary/aromatic N) is 6. The van der Waals surface area contributed by atoms with Crippen LogP contribution in [0.15, 0.2) is 67.3 Å². The van der Waals surface area contributed by atoms with Crippen LogP contribution in [-0.4, -0.2) is 74.9 Å². The van der Waals surface area contributed by atoms with E-state index >= 15 is 0 Å². The van der Waals surface area contributed by atoms with Gasteiger partial charge in [-0.05, 0) is 41.8 Å². The number of nitrogens with one attached hydrogen (secondary N) is 2. The lowest BCUT2D eigenvalue weighted by molar-refractivity contribution is -0.0660. The average molecular weight is 467 g/mol. The molecule has 9 heteroatoms. The quantitative estimate of drug-likeness (QED) is 0.410. The standard InChI is InChI=1S/C26H26N8O/c1-2-19(13-23-18(1)7-8-27-23)24-14-34-26(28-17-29-34)25(31-24)30-20-3-5-21(6-4-20)32-9-11-33(12-10-32)22-15-35-16-22/h1-8,13-14,17,22,27H,9-12,15-16H2,(H,30,31). The van der Waals surface area contributed by atoms with Crippen molar-refractivity contribution in [3.8, 4) is 11.3 Å². The second kappa shape index (κ2) is 8.37. The van der Waals surface area contributed by atoms with Crippen molar-refractivity contribution in [2.75, 3.05) is 49.6 Å². The molecule has 0 saturated carbocycles. The Labute approximate surface area is 202 Å². The molecule has 0 amide bonds. The molecule has 2 fully saturated rings. The number of benzene rings is 2. The van der Waals surface area contributed by atoms with E-state index in [0.29, 0.717) is 17.5 Å². The maximum atomic E-state index is 5.35. The van der Waals surface area contributed by atoms with Gasteiger partial charge in [0.1, 0.15) is 6.33 Å². The molecule has 0 bridgehead atoms. The third kappa shape index (κ3) is 3.78. The van der Waals surface area contributed by atoms with E-state index in [1.54, 1.807) is 10.8 Å². The van der Waals surface area contributed by atoms with Crippen molar-refractivity contribution in [2.24, 2.45) is 0 Å². The van der Waals surface area contributed by atoms with E-state index < -0.39 is 0 Å². The molecule has 2 aromatic carbocycles. The fourth-order valence-electron chi connectivity index (χ4n) is 4.93. The van der Waals surface area contributed by atoms with Gasteiger partial charge >= 0.3 is 0 Å². The number of aromatic nitrogens is 5. The van der Waals surface area contributed by atoms with Gasteiger partial charge in [0, 0.05) is 54.8 Å². The summed E-state index contributed by atoms with van der Waals surface area (Å²) in [6, 6.07) is 17.5. The summed E-state index contributed by atoms with van der Waals surface area (Å²) in [4.78, 5) is 17.6. The lowest BCUT2D eigenvalue weighted by atomic mass is 10.1. The van der Waals surface area contributed by atoms with E-state index in [2.05, 4.69) is 78.7 Å². The number of piperazine rings is 1. The number of hydrogen-bond acceptors (Lipinski definition) is 7. The SMILES string of the molecule is c1nc2c(Nc3ccc(N4CCN(C5COC5)CC4)cc3)nc(-c3ccc4cc[nH]c4c3)cn2n1. The smallest absolute Gasteiger partial charge is 0.198 e. The molecule has 2 aliphatic rings. The minimum absolute atomic E-state index is 0.616. The van der Waals surface area contributed by atoms with Gasteiger partial charge in [0.15, 0.2) is 11.5 Å². The van der Waals surface area contributed by atoms with E-state index in [1.165, 1.54) is 11.1 Å². The summed E-state index contributed by atoms with van der Waals surface area (Å²) in [5, 5.41) is 9.00. The molecular formula is C26H26N8O. The van der Waals surface area contributed by atoms with E-state index in [4.69, 9.17) is 9.72 Å². The lowest BCUT2D eigenvalue weighted by Gasteiger charge is -2.43. The van der Waals surface area contributed by atoms with E-state index in [1.807, 2.05) is 12.4 Å². The second-order valence-electron chi connectivity index (χ2n) is 9.17. The number of hydrogen-bond donors (Lipinski definition) is 2. The van der Waals surface area contributed by atoms with Gasteiger partial charge in [-0.15, -0.1) is 0 Å². The molecule has 7 rings (SSSR count). The first-order valence-electron chi connectivity index (χ1n) is 12.0. The normalized spacial score (nSPS) is 17.2. The van der Waals surface area contributed by atoms with Crippen LogP contribution in [0, 0.1) is 0 Å². The van der Waals surface area contributed by atoms with Crippen molar-refractivity contribution in [3.63, 3.8) is 0 Å². The van der Waals surface area contributed by atoms with Gasteiger partial charge in [0.2, 0.25) is 0 Å². The number of fused-ring (bicyclic) bond motifs is 2. The minimum Gasteiger partial charge on any atom is -0.378 e. The third-order valence-electron chi connectivity index (χ3n) is 7.06. The highest BCUT2D eigenvalue weighted by atomic mass is 16.5. The summed E-state index contributed by atoms with van der Waals surface area (Å²) in [5.41, 5.74) is 5.82. The Morgan fingerprint density at radius 2 is 1.83 bits per heavy atom. The molecule has 9 nitrogen and oxygen atoms in total. The Morgan fingerprint density at radius 3 is 2.63 bits per heavy atom. The van der Waals surface area contributed by atoms with Crippen LogP contribution in [0.5, 0.6) is 0 Å². The van der Waals surface area contributed by atoms with Gasteiger partial charge in [-0.2, -0.15) is 5.10 Å². The monoisotopic (exact) mass is 466 g/mol. The first-order chi connectivity index (χ1) is 17.3. The van der Waals surface area contributed by atoms with E-state index in [9.17, 15) is 0 Å². The van der Waals surface area contributed by atoms with Crippen LogP contribution in [0.1, 0.15) is 0 Å². The molecule has 2 N–H and O–H groups in total. The predicted molar refractivity (Wildman–Crippen MR) is 136 cm³/mol. The highest BCUT2D eigenvalue weighted by Gasteiger charge is 2.28. The van der Waals surface area contributed by atoms with Crippen LogP contribution >= 0.6 is 0 Å². The summed E-state index contributed by atoms with van der Waals surface area (Å²) < 4.78 is 7.12. The molecule has 0 radical (unpaired) electrons. The molecule has 2 saturated heterocycles. The predicted octanol–water partition coefficient (Wildman–Crippen LogP) is 3.54. The number of aromatic amines is 1. The number of rotatable bonds is 5. The van der Waals surface area contributed by atoms with Crippen molar-refractivity contribution in [1.82, 2.24) is 29.5 Å². The molecule has 0 spiro atoms. The summed E-state index contributed by atoms with van der Waals surface area (Å²) >= 11 is 0. The largest absolute Gasteiger partial charge is 0.378 e. The summed E-state index contributed by atoms with van der Waals surface area (Å²) in [5.74, 6) is 0.677. The van der Waals surface area contributed by atoms with Crippen LogP contribution in [0.2, 0.25) is 0 Å². The summed E-state index contributed by atoms with van der Waals surface area (Å²) in [6.07, 6.45) is 5.41. The van der Waals surface area contributed by atoms with Crippen LogP contribution in [0.4, 0.5) is 17.2 Å². The fourth-order valence-corrected chi connectivity index (χ4v) is 4.93. The van der Waals surface area contributed by atoms with Gasteiger partial charge in [-0.25, -0.2) is 14.5 Å². The zero-order chi connectivity index (χ0) is 23.2. The van der Waals surface area contributed by atoms with Crippen LogP contribution in [-0.2, 0) is 4.74 Å². The Balaban J connectivity index is 1.12. The van der Waals surface area contributed by atoms with Gasteiger partial charge < -0.3 is 19.9 Å². The lowest BCUT2D eigenvalue weighted by Crippen LogP contribution is -2.56. The minimum atomic E-state index is 0.616. The van der Waals surface area contributed by atoms with E-state index in [0.717, 1.165) is 61.9 Å². The maximum absolute atomic E-state index is 5.35. The molecule has 2 aliphatic heterocycles. The molecule has 5 heterocycles. The van der Waals surface area contributed by atoms with Crippen molar-refractivity contribution in [1.29, 1.82) is 0 Å². The Kier molecular flexibility index (Phi) is 4.88. The summed E-state index contributed by atoms with van der Waals surface area (Å²) in [7, 11) is 0. The zero-order valence-corrected chi connectivity index (χ0v) is 19.3. The third-order valence-corrected chi connectivity index (χ3v) is 7.06. The van der Waals surface area contributed by atoms with Gasteiger partial charge in [-0.1, -0.05) is 12.1 Å². The number of anilines is 3. The van der Waals surface area contributed by atoms with Gasteiger partial charge in [0.05, 0.1) is 31.1 Å².